The van der Waals surface area contributed by atoms with Gasteiger partial charge in [-0.3, -0.25) is 0 Å². The summed E-state index contributed by atoms with van der Waals surface area (Å²) in [5, 5.41) is 3.46. The number of hydrogen-bond donors (Lipinski definition) is 1. The Morgan fingerprint density at radius 2 is 1.91 bits per heavy atom. The summed E-state index contributed by atoms with van der Waals surface area (Å²) in [5.41, 5.74) is 2.57. The summed E-state index contributed by atoms with van der Waals surface area (Å²) < 4.78 is 5.94. The maximum atomic E-state index is 5.94. The van der Waals surface area contributed by atoms with Crippen molar-refractivity contribution >= 4 is 5.69 Å². The summed E-state index contributed by atoms with van der Waals surface area (Å²) >= 11 is 0. The maximum absolute atomic E-state index is 5.94. The summed E-state index contributed by atoms with van der Waals surface area (Å²) in [7, 11) is 0. The third-order valence-corrected chi connectivity index (χ3v) is 4.29. The zero-order valence-electron chi connectivity index (χ0n) is 14.7. The van der Waals surface area contributed by atoms with Gasteiger partial charge in [0, 0.05) is 19.6 Å². The molecule has 0 spiro atoms. The number of nitrogens with zero attached hydrogens (tertiary/aromatic N) is 1. The van der Waals surface area contributed by atoms with Gasteiger partial charge in [0.2, 0.25) is 0 Å². The number of hydrogen-bond acceptors (Lipinski definition) is 3. The van der Waals surface area contributed by atoms with Crippen LogP contribution in [0.5, 0.6) is 5.75 Å². The summed E-state index contributed by atoms with van der Waals surface area (Å²) in [6, 6.07) is 6.70. The topological polar surface area (TPSA) is 24.5 Å². The number of rotatable bonds is 7. The molecule has 1 heterocycles. The van der Waals surface area contributed by atoms with Gasteiger partial charge < -0.3 is 15.0 Å². The number of anilines is 1. The first-order valence-corrected chi connectivity index (χ1v) is 8.85. The van der Waals surface area contributed by atoms with Crippen molar-refractivity contribution < 1.29 is 4.74 Å². The molecule has 0 bridgehead atoms. The fourth-order valence-electron chi connectivity index (χ4n) is 3.47. The van der Waals surface area contributed by atoms with Gasteiger partial charge in [-0.1, -0.05) is 26.8 Å². The Hall–Kier alpha value is -1.22. The van der Waals surface area contributed by atoms with Crippen LogP contribution in [-0.4, -0.2) is 26.2 Å². The minimum Gasteiger partial charge on any atom is -0.492 e. The lowest BCUT2D eigenvalue weighted by Crippen LogP contribution is -2.38. The monoisotopic (exact) mass is 304 g/mol. The third-order valence-electron chi connectivity index (χ3n) is 4.29. The van der Waals surface area contributed by atoms with Gasteiger partial charge in [0.1, 0.15) is 5.75 Å². The predicted molar refractivity (Wildman–Crippen MR) is 94.8 cm³/mol. The van der Waals surface area contributed by atoms with Crippen molar-refractivity contribution in [3.63, 3.8) is 0 Å². The Bertz CT molecular complexity index is 451. The molecule has 1 fully saturated rings. The van der Waals surface area contributed by atoms with Crippen molar-refractivity contribution in [3.8, 4) is 5.75 Å². The van der Waals surface area contributed by atoms with E-state index in [2.05, 4.69) is 56.1 Å². The minimum absolute atomic E-state index is 0.720. The van der Waals surface area contributed by atoms with E-state index in [0.29, 0.717) is 0 Å². The van der Waals surface area contributed by atoms with E-state index >= 15 is 0 Å². The first kappa shape index (κ1) is 17.1. The minimum atomic E-state index is 0.720. The van der Waals surface area contributed by atoms with E-state index in [1.807, 2.05) is 0 Å². The fourth-order valence-corrected chi connectivity index (χ4v) is 3.47. The quantitative estimate of drug-likeness (QED) is 0.769. The second-order valence-corrected chi connectivity index (χ2v) is 6.76. The van der Waals surface area contributed by atoms with Gasteiger partial charge in [-0.15, -0.1) is 0 Å². The number of piperidine rings is 1. The molecule has 1 aromatic rings. The molecular formula is C19H32N2O. The molecule has 1 saturated heterocycles. The van der Waals surface area contributed by atoms with Gasteiger partial charge in [-0.2, -0.15) is 0 Å². The molecule has 3 nitrogen and oxygen atoms in total. The molecule has 1 N–H and O–H groups in total. The molecule has 2 rings (SSSR count). The second-order valence-electron chi connectivity index (χ2n) is 6.76. The molecule has 0 radical (unpaired) electrons. The van der Waals surface area contributed by atoms with Crippen molar-refractivity contribution in [2.75, 3.05) is 31.1 Å². The zero-order chi connectivity index (χ0) is 15.9. The van der Waals surface area contributed by atoms with Gasteiger partial charge in [-0.05, 0) is 55.8 Å². The highest BCUT2D eigenvalue weighted by molar-refractivity contribution is 5.60. The average Bonchev–Trinajstić information content (AvgIpc) is 2.47. The molecule has 1 aliphatic heterocycles. The van der Waals surface area contributed by atoms with Crippen molar-refractivity contribution in [3.05, 3.63) is 23.8 Å². The predicted octanol–water partition coefficient (Wildman–Crippen LogP) is 4.07. The molecule has 0 saturated carbocycles. The number of ether oxygens (including phenoxy) is 1. The number of nitrogens with one attached hydrogen (secondary N) is 1. The van der Waals surface area contributed by atoms with Crippen LogP contribution in [0, 0.1) is 11.8 Å². The van der Waals surface area contributed by atoms with E-state index in [-0.39, 0.29) is 0 Å². The Morgan fingerprint density at radius 1 is 1.18 bits per heavy atom. The fraction of sp³-hybridized carbons (Fsp3) is 0.684. The van der Waals surface area contributed by atoms with Gasteiger partial charge in [-0.25, -0.2) is 0 Å². The molecule has 124 valence electrons. The molecule has 2 atom stereocenters. The molecule has 2 unspecified atom stereocenters. The van der Waals surface area contributed by atoms with Crippen molar-refractivity contribution in [2.45, 2.75) is 47.1 Å². The van der Waals surface area contributed by atoms with Gasteiger partial charge in [0.25, 0.3) is 0 Å². The van der Waals surface area contributed by atoms with Crippen molar-refractivity contribution in [2.24, 2.45) is 11.8 Å². The van der Waals surface area contributed by atoms with Crippen LogP contribution in [0.4, 0.5) is 5.69 Å². The standard InChI is InChI=1S/C19H32N2O/c1-5-9-20-12-17-7-8-18(19(11-17)22-6-2)21-13-15(3)10-16(4)14-21/h7-8,11,15-16,20H,5-6,9-10,12-14H2,1-4H3. The molecule has 0 aromatic heterocycles. The van der Waals surface area contributed by atoms with Crippen LogP contribution in [0.25, 0.3) is 0 Å². The van der Waals surface area contributed by atoms with Gasteiger partial charge in [0.05, 0.1) is 12.3 Å². The normalized spacial score (nSPS) is 21.9. The molecule has 0 amide bonds. The van der Waals surface area contributed by atoms with E-state index in [1.54, 1.807) is 0 Å². The Morgan fingerprint density at radius 3 is 2.55 bits per heavy atom. The lowest BCUT2D eigenvalue weighted by atomic mass is 9.91. The van der Waals surface area contributed by atoms with Crippen molar-refractivity contribution in [1.29, 1.82) is 0 Å². The van der Waals surface area contributed by atoms with Crippen LogP contribution in [0.2, 0.25) is 0 Å². The van der Waals surface area contributed by atoms with E-state index in [0.717, 1.165) is 50.4 Å². The van der Waals surface area contributed by atoms with Crippen LogP contribution in [0.1, 0.15) is 46.1 Å². The van der Waals surface area contributed by atoms with Crippen molar-refractivity contribution in [1.82, 2.24) is 5.32 Å². The molecule has 3 heteroatoms. The summed E-state index contributed by atoms with van der Waals surface area (Å²) in [5.74, 6) is 2.55. The van der Waals surface area contributed by atoms with E-state index < -0.39 is 0 Å². The lowest BCUT2D eigenvalue weighted by molar-refractivity contribution is 0.329. The molecular weight excluding hydrogens is 272 g/mol. The SMILES string of the molecule is CCCNCc1ccc(N2CC(C)CC(C)C2)c(OCC)c1. The van der Waals surface area contributed by atoms with Crippen LogP contribution in [0.3, 0.4) is 0 Å². The smallest absolute Gasteiger partial charge is 0.142 e. The molecule has 22 heavy (non-hydrogen) atoms. The Kier molecular flexibility index (Phi) is 6.56. The largest absolute Gasteiger partial charge is 0.492 e. The van der Waals surface area contributed by atoms with Crippen LogP contribution >= 0.6 is 0 Å². The maximum Gasteiger partial charge on any atom is 0.142 e. The van der Waals surface area contributed by atoms with Crippen LogP contribution in [0.15, 0.2) is 18.2 Å². The van der Waals surface area contributed by atoms with E-state index in [9.17, 15) is 0 Å². The Balaban J connectivity index is 2.15. The summed E-state index contributed by atoms with van der Waals surface area (Å²) in [6.07, 6.45) is 2.50. The molecule has 0 aliphatic carbocycles. The first-order valence-electron chi connectivity index (χ1n) is 8.85. The third kappa shape index (κ3) is 4.64. The second kappa shape index (κ2) is 8.42. The number of benzene rings is 1. The van der Waals surface area contributed by atoms with Gasteiger partial charge >= 0.3 is 0 Å². The Labute approximate surface area is 136 Å². The first-order chi connectivity index (χ1) is 10.6. The lowest BCUT2D eigenvalue weighted by Gasteiger charge is -2.37. The van der Waals surface area contributed by atoms with Crippen LogP contribution in [-0.2, 0) is 6.54 Å². The van der Waals surface area contributed by atoms with Gasteiger partial charge in [0.15, 0.2) is 0 Å². The highest BCUT2D eigenvalue weighted by atomic mass is 16.5. The molecule has 1 aliphatic rings. The highest BCUT2D eigenvalue weighted by Gasteiger charge is 2.24. The summed E-state index contributed by atoms with van der Waals surface area (Å²) in [4.78, 5) is 2.51. The van der Waals surface area contributed by atoms with Crippen LogP contribution < -0.4 is 15.0 Å². The zero-order valence-corrected chi connectivity index (χ0v) is 14.7. The molecule has 1 aromatic carbocycles. The summed E-state index contributed by atoms with van der Waals surface area (Å²) in [6.45, 7) is 13.9. The highest BCUT2D eigenvalue weighted by Crippen LogP contribution is 2.34. The average molecular weight is 304 g/mol. The van der Waals surface area contributed by atoms with E-state index in [4.69, 9.17) is 4.74 Å². The van der Waals surface area contributed by atoms with E-state index in [1.165, 1.54) is 24.1 Å².